The Morgan fingerprint density at radius 1 is 0.867 bits per heavy atom. The standard InChI is InChI=1S/C23H19ClN4O2/c1-15-3-7-17(8-4-15)21-26-28(22(29)25-19-11-5-16(2)6-12-19)23(30)27(21)20-13-9-18(24)10-14-20/h3-14H,1-2H3,(H,25,29). The molecular formula is C23H19ClN4O2. The zero-order chi connectivity index (χ0) is 21.3. The molecule has 0 saturated heterocycles. The van der Waals surface area contributed by atoms with Crippen LogP contribution in [0, 0.1) is 13.8 Å². The highest BCUT2D eigenvalue weighted by Gasteiger charge is 2.21. The number of carbonyl (C=O) groups excluding carboxylic acids is 1. The molecule has 0 atom stereocenters. The van der Waals surface area contributed by atoms with Crippen molar-refractivity contribution in [1.29, 1.82) is 0 Å². The van der Waals surface area contributed by atoms with Gasteiger partial charge in [-0.15, -0.1) is 9.78 Å². The largest absolute Gasteiger partial charge is 0.359 e. The minimum absolute atomic E-state index is 0.362. The zero-order valence-corrected chi connectivity index (χ0v) is 17.2. The molecule has 0 bridgehead atoms. The predicted molar refractivity (Wildman–Crippen MR) is 119 cm³/mol. The maximum atomic E-state index is 13.2. The van der Waals surface area contributed by atoms with E-state index >= 15 is 0 Å². The Labute approximate surface area is 178 Å². The van der Waals surface area contributed by atoms with Crippen LogP contribution in [0.3, 0.4) is 0 Å². The molecule has 1 amide bonds. The van der Waals surface area contributed by atoms with Crippen LogP contribution >= 0.6 is 11.6 Å². The summed E-state index contributed by atoms with van der Waals surface area (Å²) >= 11 is 6.00. The Hall–Kier alpha value is -3.64. The van der Waals surface area contributed by atoms with E-state index in [0.29, 0.717) is 22.2 Å². The quantitative estimate of drug-likeness (QED) is 0.506. The number of rotatable bonds is 3. The fourth-order valence-electron chi connectivity index (χ4n) is 3.03. The molecule has 0 spiro atoms. The molecule has 0 aliphatic carbocycles. The number of hydrogen-bond donors (Lipinski definition) is 1. The van der Waals surface area contributed by atoms with Crippen LogP contribution in [0.25, 0.3) is 17.1 Å². The second-order valence-electron chi connectivity index (χ2n) is 6.99. The van der Waals surface area contributed by atoms with Gasteiger partial charge in [-0.3, -0.25) is 0 Å². The fraction of sp³-hybridized carbons (Fsp3) is 0.0870. The van der Waals surface area contributed by atoms with Crippen molar-refractivity contribution < 1.29 is 4.79 Å². The molecule has 7 heteroatoms. The lowest BCUT2D eigenvalue weighted by molar-refractivity contribution is 0.250. The summed E-state index contributed by atoms with van der Waals surface area (Å²) in [7, 11) is 0. The number of amides is 1. The third kappa shape index (κ3) is 3.90. The van der Waals surface area contributed by atoms with E-state index in [2.05, 4.69) is 10.4 Å². The normalized spacial score (nSPS) is 10.8. The van der Waals surface area contributed by atoms with Gasteiger partial charge in [0.25, 0.3) is 0 Å². The summed E-state index contributed by atoms with van der Waals surface area (Å²) in [4.78, 5) is 26.0. The average Bonchev–Trinajstić information content (AvgIpc) is 3.08. The fourth-order valence-corrected chi connectivity index (χ4v) is 3.15. The first-order valence-corrected chi connectivity index (χ1v) is 9.73. The number of nitrogens with zero attached hydrogens (tertiary/aromatic N) is 3. The van der Waals surface area contributed by atoms with Gasteiger partial charge in [0.05, 0.1) is 5.69 Å². The van der Waals surface area contributed by atoms with E-state index < -0.39 is 11.7 Å². The molecule has 150 valence electrons. The maximum Gasteiger partial charge on any atom is 0.359 e. The van der Waals surface area contributed by atoms with Crippen LogP contribution in [0.1, 0.15) is 11.1 Å². The Morgan fingerprint density at radius 3 is 2.03 bits per heavy atom. The van der Waals surface area contributed by atoms with Crippen LogP contribution in [-0.4, -0.2) is 20.4 Å². The zero-order valence-electron chi connectivity index (χ0n) is 16.5. The summed E-state index contributed by atoms with van der Waals surface area (Å²) in [5.41, 5.74) is 3.44. The van der Waals surface area contributed by atoms with Crippen molar-refractivity contribution in [2.24, 2.45) is 0 Å². The summed E-state index contributed by atoms with van der Waals surface area (Å²) in [5.74, 6) is 0.362. The maximum absolute atomic E-state index is 13.2. The van der Waals surface area contributed by atoms with Crippen LogP contribution in [-0.2, 0) is 0 Å². The lowest BCUT2D eigenvalue weighted by Crippen LogP contribution is -2.32. The number of aromatic nitrogens is 3. The summed E-state index contributed by atoms with van der Waals surface area (Å²) in [5, 5.41) is 7.61. The van der Waals surface area contributed by atoms with Gasteiger partial charge in [0, 0.05) is 16.3 Å². The average molecular weight is 419 g/mol. The predicted octanol–water partition coefficient (Wildman–Crippen LogP) is 5.05. The van der Waals surface area contributed by atoms with Crippen LogP contribution in [0.5, 0.6) is 0 Å². The van der Waals surface area contributed by atoms with E-state index in [0.717, 1.165) is 21.4 Å². The molecule has 0 unspecified atom stereocenters. The summed E-state index contributed by atoms with van der Waals surface area (Å²) < 4.78 is 2.24. The molecule has 0 aliphatic rings. The molecule has 4 aromatic rings. The first-order valence-electron chi connectivity index (χ1n) is 9.35. The first kappa shape index (κ1) is 19.7. The van der Waals surface area contributed by atoms with Crippen LogP contribution in [0.15, 0.2) is 77.6 Å². The summed E-state index contributed by atoms with van der Waals surface area (Å²) in [6, 6.07) is 21.1. The van der Waals surface area contributed by atoms with Crippen molar-refractivity contribution in [3.63, 3.8) is 0 Å². The number of nitrogens with one attached hydrogen (secondary N) is 1. The monoisotopic (exact) mass is 418 g/mol. The van der Waals surface area contributed by atoms with E-state index in [-0.39, 0.29) is 0 Å². The second kappa shape index (κ2) is 8.00. The van der Waals surface area contributed by atoms with E-state index in [1.165, 1.54) is 4.57 Å². The van der Waals surface area contributed by atoms with Crippen molar-refractivity contribution >= 4 is 23.3 Å². The van der Waals surface area contributed by atoms with Gasteiger partial charge in [-0.05, 0) is 50.2 Å². The van der Waals surface area contributed by atoms with Crippen LogP contribution in [0.4, 0.5) is 10.5 Å². The number of anilines is 1. The van der Waals surface area contributed by atoms with Crippen molar-refractivity contribution in [3.05, 3.63) is 99.4 Å². The van der Waals surface area contributed by atoms with Gasteiger partial charge < -0.3 is 5.32 Å². The molecule has 1 N–H and O–H groups in total. The highest BCUT2D eigenvalue weighted by molar-refractivity contribution is 6.30. The molecule has 0 fully saturated rings. The number of benzene rings is 3. The molecule has 3 aromatic carbocycles. The number of halogens is 1. The van der Waals surface area contributed by atoms with Crippen LogP contribution in [0.2, 0.25) is 5.02 Å². The first-order chi connectivity index (χ1) is 14.4. The van der Waals surface area contributed by atoms with E-state index in [1.54, 1.807) is 36.4 Å². The minimum atomic E-state index is -0.634. The second-order valence-corrected chi connectivity index (χ2v) is 7.43. The SMILES string of the molecule is Cc1ccc(NC(=O)n2nc(-c3ccc(C)cc3)n(-c3ccc(Cl)cc3)c2=O)cc1. The summed E-state index contributed by atoms with van der Waals surface area (Å²) in [6.45, 7) is 3.93. The highest BCUT2D eigenvalue weighted by atomic mass is 35.5. The van der Waals surface area contributed by atoms with Gasteiger partial charge in [0.1, 0.15) is 0 Å². The molecule has 6 nitrogen and oxygen atoms in total. The van der Waals surface area contributed by atoms with Gasteiger partial charge in [-0.25, -0.2) is 14.2 Å². The van der Waals surface area contributed by atoms with E-state index in [4.69, 9.17) is 11.6 Å². The van der Waals surface area contributed by atoms with Gasteiger partial charge in [0.15, 0.2) is 5.82 Å². The smallest absolute Gasteiger partial charge is 0.306 e. The molecule has 1 heterocycles. The van der Waals surface area contributed by atoms with E-state index in [9.17, 15) is 9.59 Å². The molecule has 4 rings (SSSR count). The Balaban J connectivity index is 1.81. The third-order valence-corrected chi connectivity index (χ3v) is 4.92. The molecule has 1 aromatic heterocycles. The third-order valence-electron chi connectivity index (χ3n) is 4.67. The van der Waals surface area contributed by atoms with Gasteiger partial charge in [-0.1, -0.05) is 59.1 Å². The molecule has 30 heavy (non-hydrogen) atoms. The van der Waals surface area contributed by atoms with Crippen LogP contribution < -0.4 is 11.0 Å². The topological polar surface area (TPSA) is 68.9 Å². The van der Waals surface area contributed by atoms with Gasteiger partial charge in [-0.2, -0.15) is 0 Å². The van der Waals surface area contributed by atoms with Crippen molar-refractivity contribution in [2.45, 2.75) is 13.8 Å². The van der Waals surface area contributed by atoms with Crippen molar-refractivity contribution in [3.8, 4) is 17.1 Å². The Morgan fingerprint density at radius 2 is 1.43 bits per heavy atom. The summed E-state index contributed by atoms with van der Waals surface area (Å²) in [6.07, 6.45) is 0. The van der Waals surface area contributed by atoms with Crippen molar-refractivity contribution in [1.82, 2.24) is 14.3 Å². The number of aryl methyl sites for hydroxylation is 2. The molecule has 0 saturated carbocycles. The molecular weight excluding hydrogens is 400 g/mol. The van der Waals surface area contributed by atoms with E-state index in [1.807, 2.05) is 50.2 Å². The van der Waals surface area contributed by atoms with Crippen molar-refractivity contribution in [2.75, 3.05) is 5.32 Å². The minimum Gasteiger partial charge on any atom is -0.306 e. The van der Waals surface area contributed by atoms with Gasteiger partial charge >= 0.3 is 11.7 Å². The lowest BCUT2D eigenvalue weighted by atomic mass is 10.1. The Kier molecular flexibility index (Phi) is 5.25. The molecule has 0 radical (unpaired) electrons. The number of carbonyl (C=O) groups is 1. The van der Waals surface area contributed by atoms with Gasteiger partial charge in [0.2, 0.25) is 0 Å². The number of hydrogen-bond acceptors (Lipinski definition) is 3. The highest BCUT2D eigenvalue weighted by Crippen LogP contribution is 2.21. The Bertz CT molecular complexity index is 1250. The lowest BCUT2D eigenvalue weighted by Gasteiger charge is -2.06. The molecule has 0 aliphatic heterocycles.